The van der Waals surface area contributed by atoms with Crippen molar-refractivity contribution in [2.75, 3.05) is 11.5 Å². The van der Waals surface area contributed by atoms with Crippen molar-refractivity contribution in [1.82, 2.24) is 5.32 Å². The van der Waals surface area contributed by atoms with E-state index in [2.05, 4.69) is 5.32 Å². The number of carbonyl (C=O) groups is 2. The quantitative estimate of drug-likeness (QED) is 0.911. The van der Waals surface area contributed by atoms with Gasteiger partial charge in [0, 0.05) is 18.1 Å². The summed E-state index contributed by atoms with van der Waals surface area (Å²) in [5.74, 6) is 0.434. The number of fused-ring (bicyclic) bond motifs is 1. The molecule has 3 rings (SSSR count). The van der Waals surface area contributed by atoms with Gasteiger partial charge in [0.1, 0.15) is 11.8 Å². The smallest absolute Gasteiger partial charge is 0.254 e. The summed E-state index contributed by atoms with van der Waals surface area (Å²) in [5.41, 5.74) is 3.66. The van der Waals surface area contributed by atoms with E-state index in [1.165, 1.54) is 6.92 Å². The molecule has 0 unspecified atom stereocenters. The molecule has 2 aromatic carbocycles. The van der Waals surface area contributed by atoms with Gasteiger partial charge < -0.3 is 15.0 Å². The summed E-state index contributed by atoms with van der Waals surface area (Å²) in [5, 5.41) is 2.77. The number of aryl methyl sites for hydroxylation is 1. The number of nitrogens with one attached hydrogen (secondary N) is 1. The molecule has 5 heteroatoms. The third-order valence-corrected chi connectivity index (χ3v) is 4.31. The first-order chi connectivity index (χ1) is 12.0. The standard InChI is InChI=1S/C20H22N2O3/c1-4-25-17-11-6-5-9-15(17)12-22-19-13(2)8-7-10-16(19)18(20(22)24)21-14(3)23/h5-11,18H,4,12H2,1-3H3,(H,21,23)/t18-/m0/s1. The molecular formula is C20H22N2O3. The van der Waals surface area contributed by atoms with Crippen LogP contribution in [0.1, 0.15) is 36.6 Å². The number of benzene rings is 2. The molecule has 1 heterocycles. The van der Waals surface area contributed by atoms with Crippen LogP contribution < -0.4 is 15.0 Å². The van der Waals surface area contributed by atoms with E-state index in [-0.39, 0.29) is 11.8 Å². The average Bonchev–Trinajstić information content (AvgIpc) is 2.83. The highest BCUT2D eigenvalue weighted by Gasteiger charge is 2.38. The van der Waals surface area contributed by atoms with Crippen molar-refractivity contribution in [1.29, 1.82) is 0 Å². The second-order valence-corrected chi connectivity index (χ2v) is 6.11. The van der Waals surface area contributed by atoms with Crippen molar-refractivity contribution in [2.45, 2.75) is 33.4 Å². The zero-order valence-electron chi connectivity index (χ0n) is 14.7. The molecule has 1 N–H and O–H groups in total. The fourth-order valence-corrected chi connectivity index (χ4v) is 3.28. The lowest BCUT2D eigenvalue weighted by Gasteiger charge is -2.21. The molecule has 130 valence electrons. The van der Waals surface area contributed by atoms with Crippen LogP contribution in [-0.2, 0) is 16.1 Å². The number of ether oxygens (including phenoxy) is 1. The van der Waals surface area contributed by atoms with Gasteiger partial charge in [0.15, 0.2) is 0 Å². The van der Waals surface area contributed by atoms with Gasteiger partial charge in [0.25, 0.3) is 5.91 Å². The van der Waals surface area contributed by atoms with Gasteiger partial charge in [0.2, 0.25) is 5.91 Å². The van der Waals surface area contributed by atoms with Crippen LogP contribution in [0.4, 0.5) is 5.69 Å². The summed E-state index contributed by atoms with van der Waals surface area (Å²) in [4.78, 5) is 26.3. The number of hydrogen-bond acceptors (Lipinski definition) is 3. The van der Waals surface area contributed by atoms with Crippen LogP contribution in [0.25, 0.3) is 0 Å². The van der Waals surface area contributed by atoms with Gasteiger partial charge in [-0.25, -0.2) is 0 Å². The Kier molecular flexibility index (Phi) is 4.74. The SMILES string of the molecule is CCOc1ccccc1CN1C(=O)[C@@H](NC(C)=O)c2cccc(C)c21. The van der Waals surface area contributed by atoms with E-state index in [1.54, 1.807) is 4.90 Å². The first kappa shape index (κ1) is 17.0. The van der Waals surface area contributed by atoms with E-state index < -0.39 is 6.04 Å². The molecule has 0 aliphatic carbocycles. The molecule has 1 aliphatic heterocycles. The number of amides is 2. The van der Waals surface area contributed by atoms with Crippen molar-refractivity contribution in [3.63, 3.8) is 0 Å². The summed E-state index contributed by atoms with van der Waals surface area (Å²) in [6.07, 6.45) is 0. The topological polar surface area (TPSA) is 58.6 Å². The van der Waals surface area contributed by atoms with Crippen molar-refractivity contribution >= 4 is 17.5 Å². The number of para-hydroxylation sites is 2. The largest absolute Gasteiger partial charge is 0.494 e. The molecule has 0 bridgehead atoms. The minimum Gasteiger partial charge on any atom is -0.494 e. The molecule has 5 nitrogen and oxygen atoms in total. The molecule has 1 atom stereocenters. The molecule has 2 amide bonds. The van der Waals surface area contributed by atoms with E-state index in [9.17, 15) is 9.59 Å². The Hall–Kier alpha value is -2.82. The summed E-state index contributed by atoms with van der Waals surface area (Å²) >= 11 is 0. The van der Waals surface area contributed by atoms with Gasteiger partial charge in [-0.3, -0.25) is 9.59 Å². The highest BCUT2D eigenvalue weighted by molar-refractivity contribution is 6.06. The lowest BCUT2D eigenvalue weighted by Crippen LogP contribution is -2.36. The van der Waals surface area contributed by atoms with E-state index >= 15 is 0 Å². The van der Waals surface area contributed by atoms with Crippen molar-refractivity contribution in [3.05, 3.63) is 59.2 Å². The maximum absolute atomic E-state index is 13.0. The van der Waals surface area contributed by atoms with Gasteiger partial charge in [-0.15, -0.1) is 0 Å². The fraction of sp³-hybridized carbons (Fsp3) is 0.300. The molecule has 0 spiro atoms. The molecule has 0 fully saturated rings. The Labute approximate surface area is 147 Å². The zero-order valence-corrected chi connectivity index (χ0v) is 14.7. The maximum atomic E-state index is 13.0. The van der Waals surface area contributed by atoms with Crippen LogP contribution in [-0.4, -0.2) is 18.4 Å². The third kappa shape index (κ3) is 3.22. The predicted octanol–water partition coefficient (Wildman–Crippen LogP) is 3.12. The molecular weight excluding hydrogens is 316 g/mol. The Morgan fingerprint density at radius 2 is 1.96 bits per heavy atom. The summed E-state index contributed by atoms with van der Waals surface area (Å²) in [6.45, 7) is 6.31. The van der Waals surface area contributed by atoms with Gasteiger partial charge in [-0.2, -0.15) is 0 Å². The van der Waals surface area contributed by atoms with Crippen LogP contribution in [0.2, 0.25) is 0 Å². The second-order valence-electron chi connectivity index (χ2n) is 6.11. The summed E-state index contributed by atoms with van der Waals surface area (Å²) in [7, 11) is 0. The van der Waals surface area contributed by atoms with E-state index in [0.717, 1.165) is 28.1 Å². The van der Waals surface area contributed by atoms with Crippen LogP contribution in [0.3, 0.4) is 0 Å². The third-order valence-electron chi connectivity index (χ3n) is 4.31. The first-order valence-electron chi connectivity index (χ1n) is 8.41. The Morgan fingerprint density at radius 3 is 2.68 bits per heavy atom. The van der Waals surface area contributed by atoms with Crippen LogP contribution in [0.15, 0.2) is 42.5 Å². The number of hydrogen-bond donors (Lipinski definition) is 1. The predicted molar refractivity (Wildman–Crippen MR) is 96.5 cm³/mol. The zero-order chi connectivity index (χ0) is 18.0. The van der Waals surface area contributed by atoms with Gasteiger partial charge in [-0.05, 0) is 25.5 Å². The lowest BCUT2D eigenvalue weighted by molar-refractivity contribution is -0.126. The van der Waals surface area contributed by atoms with Crippen LogP contribution in [0.5, 0.6) is 5.75 Å². The minimum absolute atomic E-state index is 0.120. The lowest BCUT2D eigenvalue weighted by atomic mass is 10.0. The Balaban J connectivity index is 2.00. The van der Waals surface area contributed by atoms with Gasteiger partial charge >= 0.3 is 0 Å². The van der Waals surface area contributed by atoms with Crippen molar-refractivity contribution < 1.29 is 14.3 Å². The monoisotopic (exact) mass is 338 g/mol. The Bertz CT molecular complexity index is 816. The summed E-state index contributed by atoms with van der Waals surface area (Å²) in [6, 6.07) is 12.9. The number of rotatable bonds is 5. The van der Waals surface area contributed by atoms with Crippen molar-refractivity contribution in [3.8, 4) is 5.75 Å². The van der Waals surface area contributed by atoms with E-state index in [0.29, 0.717) is 13.2 Å². The minimum atomic E-state index is -0.633. The highest BCUT2D eigenvalue weighted by Crippen LogP contribution is 2.40. The number of carbonyl (C=O) groups excluding carboxylic acids is 2. The second kappa shape index (κ2) is 6.97. The van der Waals surface area contributed by atoms with Gasteiger partial charge in [0.05, 0.1) is 18.8 Å². The number of anilines is 1. The molecule has 0 radical (unpaired) electrons. The highest BCUT2D eigenvalue weighted by atomic mass is 16.5. The molecule has 0 saturated carbocycles. The molecule has 0 aromatic heterocycles. The molecule has 2 aromatic rings. The maximum Gasteiger partial charge on any atom is 0.254 e. The van der Waals surface area contributed by atoms with E-state index in [1.807, 2.05) is 56.3 Å². The molecule has 1 aliphatic rings. The fourth-order valence-electron chi connectivity index (χ4n) is 3.28. The Morgan fingerprint density at radius 1 is 1.20 bits per heavy atom. The normalized spacial score (nSPS) is 15.9. The van der Waals surface area contributed by atoms with Crippen LogP contribution in [0, 0.1) is 6.92 Å². The van der Waals surface area contributed by atoms with Crippen LogP contribution >= 0.6 is 0 Å². The van der Waals surface area contributed by atoms with E-state index in [4.69, 9.17) is 4.74 Å². The first-order valence-corrected chi connectivity index (χ1v) is 8.41. The summed E-state index contributed by atoms with van der Waals surface area (Å²) < 4.78 is 5.68. The molecule has 0 saturated heterocycles. The number of nitrogens with zero attached hydrogens (tertiary/aromatic N) is 1. The molecule has 25 heavy (non-hydrogen) atoms. The van der Waals surface area contributed by atoms with Crippen molar-refractivity contribution in [2.24, 2.45) is 0 Å². The average molecular weight is 338 g/mol. The van der Waals surface area contributed by atoms with Gasteiger partial charge in [-0.1, -0.05) is 36.4 Å².